The van der Waals surface area contributed by atoms with E-state index >= 15 is 0 Å². The van der Waals surface area contributed by atoms with E-state index in [0.29, 0.717) is 17.6 Å². The molecule has 0 spiro atoms. The van der Waals surface area contributed by atoms with Crippen molar-refractivity contribution in [2.24, 2.45) is 0 Å². The van der Waals surface area contributed by atoms with Gasteiger partial charge in [0.25, 0.3) is 0 Å². The van der Waals surface area contributed by atoms with Crippen molar-refractivity contribution in [1.82, 2.24) is 0 Å². The smallest absolute Gasteiger partial charge is 0.127 e. The molecule has 2 bridgehead atoms. The maximum atomic E-state index is 10.4. The maximum Gasteiger partial charge on any atom is 0.127 e. The van der Waals surface area contributed by atoms with E-state index in [9.17, 15) is 5.11 Å². The van der Waals surface area contributed by atoms with Crippen LogP contribution in [-0.4, -0.2) is 10.7 Å². The molecule has 2 nitrogen and oxygen atoms in total. The van der Waals surface area contributed by atoms with Crippen LogP contribution in [0, 0.1) is 0 Å². The molecule has 0 saturated heterocycles. The summed E-state index contributed by atoms with van der Waals surface area (Å²) in [6.07, 6.45) is 9.49. The SMILES string of the molecule is CCCC[C@]1(C)CCc2cc(O)c3c(c2O1)[C@H]1CC[C@@H]3C1. The number of fused-ring (bicyclic) bond motifs is 7. The molecule has 2 heteroatoms. The quantitative estimate of drug-likeness (QED) is 0.844. The second-order valence-electron chi connectivity index (χ2n) is 7.57. The Morgan fingerprint density at radius 2 is 2.05 bits per heavy atom. The van der Waals surface area contributed by atoms with Crippen molar-refractivity contribution in [3.8, 4) is 11.5 Å². The lowest BCUT2D eigenvalue weighted by Gasteiger charge is -2.38. The van der Waals surface area contributed by atoms with Gasteiger partial charge >= 0.3 is 0 Å². The summed E-state index contributed by atoms with van der Waals surface area (Å²) in [6.45, 7) is 4.52. The average Bonchev–Trinajstić information content (AvgIpc) is 3.08. The molecule has 21 heavy (non-hydrogen) atoms. The average molecular weight is 286 g/mol. The zero-order valence-corrected chi connectivity index (χ0v) is 13.2. The summed E-state index contributed by atoms with van der Waals surface area (Å²) in [6, 6.07) is 1.99. The molecule has 1 aromatic carbocycles. The Bertz CT molecular complexity index is 577. The highest BCUT2D eigenvalue weighted by Crippen LogP contribution is 2.60. The van der Waals surface area contributed by atoms with Crippen LogP contribution in [0.2, 0.25) is 0 Å². The summed E-state index contributed by atoms with van der Waals surface area (Å²) in [5, 5.41) is 10.4. The van der Waals surface area contributed by atoms with Crippen LogP contribution in [0.4, 0.5) is 0 Å². The predicted octanol–water partition coefficient (Wildman–Crippen LogP) is 5.03. The van der Waals surface area contributed by atoms with E-state index in [1.165, 1.54) is 48.8 Å². The number of aryl methyl sites for hydroxylation is 1. The van der Waals surface area contributed by atoms with Gasteiger partial charge < -0.3 is 9.84 Å². The van der Waals surface area contributed by atoms with E-state index in [1.807, 2.05) is 6.07 Å². The molecule has 114 valence electrons. The Kier molecular flexibility index (Phi) is 2.99. The molecule has 3 aliphatic rings. The first-order valence-corrected chi connectivity index (χ1v) is 8.69. The molecular formula is C19H26O2. The number of unbranched alkanes of at least 4 members (excludes halogenated alkanes) is 1. The van der Waals surface area contributed by atoms with E-state index in [1.54, 1.807) is 0 Å². The zero-order valence-electron chi connectivity index (χ0n) is 13.2. The van der Waals surface area contributed by atoms with Crippen LogP contribution >= 0.6 is 0 Å². The molecule has 1 heterocycles. The minimum absolute atomic E-state index is 0.00438. The third-order valence-corrected chi connectivity index (χ3v) is 5.99. The van der Waals surface area contributed by atoms with Crippen LogP contribution in [-0.2, 0) is 6.42 Å². The molecule has 4 rings (SSSR count). The van der Waals surface area contributed by atoms with Crippen molar-refractivity contribution in [2.45, 2.75) is 82.7 Å². The highest BCUT2D eigenvalue weighted by Gasteiger charge is 2.44. The molecule has 1 aliphatic heterocycles. The highest BCUT2D eigenvalue weighted by molar-refractivity contribution is 5.60. The molecule has 0 radical (unpaired) electrons. The van der Waals surface area contributed by atoms with Gasteiger partial charge in [0.1, 0.15) is 17.1 Å². The van der Waals surface area contributed by atoms with Crippen molar-refractivity contribution in [3.63, 3.8) is 0 Å². The van der Waals surface area contributed by atoms with Crippen LogP contribution in [0.1, 0.15) is 87.3 Å². The second kappa shape index (κ2) is 4.66. The van der Waals surface area contributed by atoms with Crippen molar-refractivity contribution >= 4 is 0 Å². The number of hydrogen-bond acceptors (Lipinski definition) is 2. The van der Waals surface area contributed by atoms with Gasteiger partial charge in [-0.05, 0) is 75.3 Å². The van der Waals surface area contributed by atoms with Gasteiger partial charge in [0.05, 0.1) is 0 Å². The van der Waals surface area contributed by atoms with Crippen LogP contribution in [0.15, 0.2) is 6.07 Å². The molecule has 1 N–H and O–H groups in total. The van der Waals surface area contributed by atoms with Gasteiger partial charge in [-0.15, -0.1) is 0 Å². The summed E-state index contributed by atoms with van der Waals surface area (Å²) in [5.74, 6) is 2.92. The fourth-order valence-electron chi connectivity index (χ4n) is 4.81. The molecular weight excluding hydrogens is 260 g/mol. The number of ether oxygens (including phenoxy) is 1. The third-order valence-electron chi connectivity index (χ3n) is 5.99. The fraction of sp³-hybridized carbons (Fsp3) is 0.684. The van der Waals surface area contributed by atoms with Crippen molar-refractivity contribution < 1.29 is 9.84 Å². The lowest BCUT2D eigenvalue weighted by Crippen LogP contribution is -2.37. The first kappa shape index (κ1) is 13.5. The Morgan fingerprint density at radius 1 is 1.29 bits per heavy atom. The molecule has 0 amide bonds. The van der Waals surface area contributed by atoms with Gasteiger partial charge in [-0.2, -0.15) is 0 Å². The second-order valence-corrected chi connectivity index (χ2v) is 7.57. The normalized spacial score (nSPS) is 32.7. The van der Waals surface area contributed by atoms with E-state index in [-0.39, 0.29) is 5.60 Å². The number of phenols is 1. The standard InChI is InChI=1S/C19H26O2/c1-3-4-8-19(2)9-7-14-11-15(20)16-12-5-6-13(10-12)17(16)18(14)21-19/h11-13,20H,3-10H2,1-2H3/t12-,13+,19-/m1/s1. The Labute approximate surface area is 127 Å². The topological polar surface area (TPSA) is 29.5 Å². The van der Waals surface area contributed by atoms with E-state index in [0.717, 1.165) is 25.0 Å². The number of rotatable bonds is 3. The monoisotopic (exact) mass is 286 g/mol. The maximum absolute atomic E-state index is 10.4. The molecule has 1 saturated carbocycles. The van der Waals surface area contributed by atoms with Crippen LogP contribution in [0.25, 0.3) is 0 Å². The van der Waals surface area contributed by atoms with Gasteiger partial charge in [0, 0.05) is 11.1 Å². The van der Waals surface area contributed by atoms with Gasteiger partial charge in [0.2, 0.25) is 0 Å². The molecule has 2 aliphatic carbocycles. The highest BCUT2D eigenvalue weighted by atomic mass is 16.5. The summed E-state index contributed by atoms with van der Waals surface area (Å²) in [7, 11) is 0. The fourth-order valence-corrected chi connectivity index (χ4v) is 4.81. The number of aromatic hydroxyl groups is 1. The minimum atomic E-state index is -0.00438. The van der Waals surface area contributed by atoms with Gasteiger partial charge in [0.15, 0.2) is 0 Å². The first-order valence-electron chi connectivity index (χ1n) is 8.69. The number of hydrogen-bond donors (Lipinski definition) is 1. The molecule has 1 aromatic rings. The van der Waals surface area contributed by atoms with Crippen LogP contribution < -0.4 is 4.74 Å². The third kappa shape index (κ3) is 1.98. The van der Waals surface area contributed by atoms with Crippen LogP contribution in [0.3, 0.4) is 0 Å². The lowest BCUT2D eigenvalue weighted by atomic mass is 9.83. The van der Waals surface area contributed by atoms with Crippen molar-refractivity contribution in [2.75, 3.05) is 0 Å². The number of benzene rings is 1. The molecule has 0 unspecified atom stereocenters. The molecule has 3 atom stereocenters. The molecule has 0 aromatic heterocycles. The van der Waals surface area contributed by atoms with Gasteiger partial charge in [-0.25, -0.2) is 0 Å². The van der Waals surface area contributed by atoms with Crippen molar-refractivity contribution in [3.05, 3.63) is 22.8 Å². The predicted molar refractivity (Wildman–Crippen MR) is 84.3 cm³/mol. The summed E-state index contributed by atoms with van der Waals surface area (Å²) in [4.78, 5) is 0. The zero-order chi connectivity index (χ0) is 14.6. The van der Waals surface area contributed by atoms with Crippen molar-refractivity contribution in [1.29, 1.82) is 0 Å². The number of phenolic OH excluding ortho intramolecular Hbond substituents is 1. The Balaban J connectivity index is 1.75. The largest absolute Gasteiger partial charge is 0.508 e. The van der Waals surface area contributed by atoms with Gasteiger partial charge in [-0.3, -0.25) is 0 Å². The Hall–Kier alpha value is -1.18. The lowest BCUT2D eigenvalue weighted by molar-refractivity contribution is 0.0522. The van der Waals surface area contributed by atoms with E-state index in [2.05, 4.69) is 13.8 Å². The van der Waals surface area contributed by atoms with Crippen LogP contribution in [0.5, 0.6) is 11.5 Å². The van der Waals surface area contributed by atoms with E-state index in [4.69, 9.17) is 4.74 Å². The summed E-state index contributed by atoms with van der Waals surface area (Å²) < 4.78 is 6.56. The first-order chi connectivity index (χ1) is 10.1. The Morgan fingerprint density at radius 3 is 2.81 bits per heavy atom. The van der Waals surface area contributed by atoms with Gasteiger partial charge in [-0.1, -0.05) is 13.3 Å². The molecule has 1 fully saturated rings. The minimum Gasteiger partial charge on any atom is -0.508 e. The summed E-state index contributed by atoms with van der Waals surface area (Å²) in [5.41, 5.74) is 3.84. The van der Waals surface area contributed by atoms with E-state index < -0.39 is 0 Å². The summed E-state index contributed by atoms with van der Waals surface area (Å²) >= 11 is 0.